The zero-order valence-electron chi connectivity index (χ0n) is 21.1. The molecule has 1 aliphatic heterocycles. The maximum atomic E-state index is 13.2. The number of nitrogens with one attached hydrogen (secondary N) is 1. The van der Waals surface area contributed by atoms with Gasteiger partial charge < -0.3 is 24.6 Å². The van der Waals surface area contributed by atoms with Gasteiger partial charge >= 0.3 is 11.9 Å². The Morgan fingerprint density at radius 2 is 1.95 bits per heavy atom. The Morgan fingerprint density at radius 1 is 1.18 bits per heavy atom. The fourth-order valence-corrected chi connectivity index (χ4v) is 5.38. The number of hydrogen-bond acceptors (Lipinski definition) is 10. The van der Waals surface area contributed by atoms with E-state index < -0.39 is 35.6 Å². The molecule has 4 aromatic heterocycles. The smallest absolute Gasteiger partial charge is 0.353 e. The van der Waals surface area contributed by atoms with E-state index in [1.165, 1.54) is 40.6 Å². The molecule has 1 amide bonds. The van der Waals surface area contributed by atoms with Crippen molar-refractivity contribution < 1.29 is 28.8 Å². The van der Waals surface area contributed by atoms with Crippen LogP contribution < -0.4 is 10.9 Å². The van der Waals surface area contributed by atoms with Crippen LogP contribution in [0.25, 0.3) is 11.3 Å². The number of hydrogen-bond donors (Lipinski definition) is 2. The zero-order valence-corrected chi connectivity index (χ0v) is 22.7. The second-order valence-electron chi connectivity index (χ2n) is 8.84. The third-order valence-corrected chi connectivity index (χ3v) is 7.48. The summed E-state index contributed by atoms with van der Waals surface area (Å²) in [7, 11) is 0. The second-order valence-corrected chi connectivity index (χ2v) is 10.6. The Morgan fingerprint density at radius 3 is 2.60 bits per heavy atom. The molecule has 40 heavy (non-hydrogen) atoms. The highest BCUT2D eigenvalue weighted by molar-refractivity contribution is 7.16. The first kappa shape index (κ1) is 27.3. The molecule has 0 aliphatic carbocycles. The van der Waals surface area contributed by atoms with Crippen LogP contribution in [0, 0.1) is 6.92 Å². The normalized spacial score (nSPS) is 13.4. The van der Waals surface area contributed by atoms with Gasteiger partial charge in [0, 0.05) is 41.7 Å². The summed E-state index contributed by atoms with van der Waals surface area (Å²) in [6.45, 7) is 2.78. The molecule has 0 saturated carbocycles. The van der Waals surface area contributed by atoms with Crippen molar-refractivity contribution in [1.29, 1.82) is 0 Å². The maximum Gasteiger partial charge on any atom is 0.353 e. The van der Waals surface area contributed by atoms with Gasteiger partial charge in [-0.15, -0.1) is 11.3 Å². The highest BCUT2D eigenvalue weighted by Gasteiger charge is 2.28. The summed E-state index contributed by atoms with van der Waals surface area (Å²) in [5.41, 5.74) is -0.564. The standard InChI is InChI=1S/C25H23ClN6O7S/c1-14-10-20(33)31(13-21(34)30-6-8-38-9-7-30)23(25(36)37)22(14)16-11-19(27-12-15-2-3-18(26)40-15)32(29-16)24(35)17-4-5-28-39-17/h2-5,10-11,27H,6-9,12-13H2,1H3,(H,36,37). The van der Waals surface area contributed by atoms with Gasteiger partial charge in [-0.1, -0.05) is 16.8 Å². The molecule has 15 heteroatoms. The number of carbonyl (C=O) groups is 3. The number of morpholine rings is 1. The average molecular weight is 587 g/mol. The molecule has 4 aromatic rings. The monoisotopic (exact) mass is 586 g/mol. The van der Waals surface area contributed by atoms with Gasteiger partial charge in [-0.2, -0.15) is 9.78 Å². The molecule has 5 heterocycles. The summed E-state index contributed by atoms with van der Waals surface area (Å²) in [5.74, 6) is -2.34. The number of carboxylic acids is 1. The van der Waals surface area contributed by atoms with Gasteiger partial charge in [0.15, 0.2) is 0 Å². The Balaban J connectivity index is 1.58. The van der Waals surface area contributed by atoms with Crippen LogP contribution in [0.2, 0.25) is 4.34 Å². The number of carboxylic acid groups (broad SMARTS) is 1. The van der Waals surface area contributed by atoms with E-state index in [9.17, 15) is 24.3 Å². The summed E-state index contributed by atoms with van der Waals surface area (Å²) in [5, 5.41) is 21.3. The third kappa shape index (κ3) is 5.54. The first-order valence-corrected chi connectivity index (χ1v) is 13.3. The summed E-state index contributed by atoms with van der Waals surface area (Å²) < 4.78 is 12.8. The van der Waals surface area contributed by atoms with Crippen molar-refractivity contribution in [3.8, 4) is 11.3 Å². The quantitative estimate of drug-likeness (QED) is 0.314. The van der Waals surface area contributed by atoms with Crippen LogP contribution in [-0.4, -0.2) is 73.6 Å². The molecule has 1 saturated heterocycles. The van der Waals surface area contributed by atoms with Gasteiger partial charge in [0.1, 0.15) is 18.1 Å². The lowest BCUT2D eigenvalue weighted by atomic mass is 10.0. The fraction of sp³-hybridized carbons (Fsp3) is 0.280. The van der Waals surface area contributed by atoms with Gasteiger partial charge in [0.05, 0.1) is 36.0 Å². The van der Waals surface area contributed by atoms with Crippen molar-refractivity contribution in [3.63, 3.8) is 0 Å². The Labute approximate surface area is 235 Å². The first-order chi connectivity index (χ1) is 19.2. The number of amides is 1. The SMILES string of the molecule is Cc1cc(=O)n(CC(=O)N2CCOCC2)c(C(=O)O)c1-c1cc(NCc2ccc(Cl)s2)n(C(=O)c2ccno2)n1. The van der Waals surface area contributed by atoms with E-state index in [2.05, 4.69) is 15.6 Å². The lowest BCUT2D eigenvalue weighted by Gasteiger charge is -2.27. The summed E-state index contributed by atoms with van der Waals surface area (Å²) in [6, 6.07) is 7.69. The minimum absolute atomic E-state index is 0.0897. The van der Waals surface area contributed by atoms with Crippen LogP contribution in [0.1, 0.15) is 31.5 Å². The van der Waals surface area contributed by atoms with Gasteiger partial charge in [-0.05, 0) is 24.6 Å². The number of ether oxygens (including phenoxy) is 1. The number of rotatable bonds is 8. The Bertz CT molecular complexity index is 1640. The predicted octanol–water partition coefficient (Wildman–Crippen LogP) is 2.58. The predicted molar refractivity (Wildman–Crippen MR) is 144 cm³/mol. The summed E-state index contributed by atoms with van der Waals surface area (Å²) in [6.07, 6.45) is 1.31. The lowest BCUT2D eigenvalue weighted by molar-refractivity contribution is -0.135. The van der Waals surface area contributed by atoms with Gasteiger partial charge in [0.2, 0.25) is 11.7 Å². The number of halogens is 1. The number of pyridine rings is 1. The Hall–Kier alpha value is -4.27. The molecule has 0 atom stereocenters. The minimum Gasteiger partial charge on any atom is -0.477 e. The lowest BCUT2D eigenvalue weighted by Crippen LogP contribution is -2.44. The zero-order chi connectivity index (χ0) is 28.4. The number of anilines is 1. The van der Waals surface area contributed by atoms with Crippen LogP contribution >= 0.6 is 22.9 Å². The molecular formula is C25H23ClN6O7S. The third-order valence-electron chi connectivity index (χ3n) is 6.25. The number of aromatic carboxylic acids is 1. The fourth-order valence-electron chi connectivity index (χ4n) is 4.36. The van der Waals surface area contributed by atoms with Crippen molar-refractivity contribution in [1.82, 2.24) is 24.4 Å². The maximum absolute atomic E-state index is 13.2. The topological polar surface area (TPSA) is 162 Å². The van der Waals surface area contributed by atoms with Gasteiger partial charge in [0.25, 0.3) is 5.56 Å². The van der Waals surface area contributed by atoms with Crippen LogP contribution in [0.3, 0.4) is 0 Å². The van der Waals surface area contributed by atoms with E-state index in [0.717, 1.165) is 14.1 Å². The number of nitrogens with zero attached hydrogens (tertiary/aromatic N) is 5. The van der Waals surface area contributed by atoms with Crippen molar-refractivity contribution in [2.75, 3.05) is 31.6 Å². The van der Waals surface area contributed by atoms with E-state index in [-0.39, 0.29) is 22.8 Å². The van der Waals surface area contributed by atoms with E-state index in [1.807, 2.05) is 6.07 Å². The molecule has 0 radical (unpaired) electrons. The first-order valence-electron chi connectivity index (χ1n) is 12.1. The Kier molecular flexibility index (Phi) is 7.82. The molecule has 0 spiro atoms. The van der Waals surface area contributed by atoms with E-state index in [1.54, 1.807) is 13.0 Å². The molecule has 0 bridgehead atoms. The van der Waals surface area contributed by atoms with Crippen LogP contribution in [0.5, 0.6) is 0 Å². The number of aromatic nitrogens is 4. The molecule has 208 valence electrons. The van der Waals surface area contributed by atoms with Crippen molar-refractivity contribution in [3.05, 3.63) is 73.1 Å². The van der Waals surface area contributed by atoms with Gasteiger partial charge in [-0.3, -0.25) is 19.0 Å². The van der Waals surface area contributed by atoms with Gasteiger partial charge in [-0.25, -0.2) is 4.79 Å². The molecule has 2 N–H and O–H groups in total. The molecule has 0 unspecified atom stereocenters. The highest BCUT2D eigenvalue weighted by Crippen LogP contribution is 2.30. The minimum atomic E-state index is -1.43. The van der Waals surface area contributed by atoms with Crippen molar-refractivity contribution >= 4 is 46.5 Å². The summed E-state index contributed by atoms with van der Waals surface area (Å²) in [4.78, 5) is 54.0. The molecule has 0 aromatic carbocycles. The summed E-state index contributed by atoms with van der Waals surface area (Å²) >= 11 is 7.39. The second kappa shape index (κ2) is 11.5. The average Bonchev–Trinajstić information content (AvgIpc) is 3.70. The van der Waals surface area contributed by atoms with Crippen LogP contribution in [0.15, 0.2) is 45.8 Å². The molecule has 5 rings (SSSR count). The number of thiophene rings is 1. The van der Waals surface area contributed by atoms with E-state index in [0.29, 0.717) is 42.7 Å². The van der Waals surface area contributed by atoms with E-state index in [4.69, 9.17) is 20.9 Å². The molecule has 1 aliphatic rings. The largest absolute Gasteiger partial charge is 0.477 e. The highest BCUT2D eigenvalue weighted by atomic mass is 35.5. The van der Waals surface area contributed by atoms with E-state index >= 15 is 0 Å². The molecule has 1 fully saturated rings. The molecular weight excluding hydrogens is 564 g/mol. The van der Waals surface area contributed by atoms with Crippen LogP contribution in [-0.2, 0) is 22.6 Å². The molecule has 13 nitrogen and oxygen atoms in total. The van der Waals surface area contributed by atoms with Crippen molar-refractivity contribution in [2.24, 2.45) is 0 Å². The van der Waals surface area contributed by atoms with Crippen LogP contribution in [0.4, 0.5) is 5.82 Å². The van der Waals surface area contributed by atoms with Crippen molar-refractivity contribution in [2.45, 2.75) is 20.0 Å². The number of aryl methyl sites for hydroxylation is 1. The number of carbonyl (C=O) groups excluding carboxylic acids is 2.